The first-order chi connectivity index (χ1) is 10.2. The van der Waals surface area contributed by atoms with E-state index in [9.17, 15) is 4.79 Å². The minimum atomic E-state index is -0.180. The highest BCUT2D eigenvalue weighted by Gasteiger charge is 2.27. The first-order valence-corrected chi connectivity index (χ1v) is 8.49. The monoisotopic (exact) mass is 303 g/mol. The number of hydrogen-bond donors (Lipinski definition) is 1. The summed E-state index contributed by atoms with van der Waals surface area (Å²) in [6, 6.07) is 7.62. The van der Waals surface area contributed by atoms with E-state index in [0.717, 1.165) is 35.0 Å². The van der Waals surface area contributed by atoms with Crippen LogP contribution in [0.3, 0.4) is 0 Å². The summed E-state index contributed by atoms with van der Waals surface area (Å²) in [7, 11) is 0. The lowest BCUT2D eigenvalue weighted by Gasteiger charge is -2.30. The van der Waals surface area contributed by atoms with Gasteiger partial charge in [-0.3, -0.25) is 0 Å². The van der Waals surface area contributed by atoms with Gasteiger partial charge in [0.05, 0.1) is 0 Å². The molecule has 1 saturated carbocycles. The molecule has 112 valence electrons. The molecule has 0 bridgehead atoms. The van der Waals surface area contributed by atoms with Crippen LogP contribution in [0.15, 0.2) is 24.3 Å². The molecule has 0 amide bonds. The van der Waals surface area contributed by atoms with Crippen LogP contribution in [0.4, 0.5) is 5.69 Å². The zero-order chi connectivity index (χ0) is 14.8. The van der Waals surface area contributed by atoms with Crippen molar-refractivity contribution >= 4 is 33.1 Å². The van der Waals surface area contributed by atoms with Crippen LogP contribution < -0.4 is 5.73 Å². The van der Waals surface area contributed by atoms with Crippen molar-refractivity contribution in [3.8, 4) is 0 Å². The van der Waals surface area contributed by atoms with Crippen molar-refractivity contribution in [2.75, 3.05) is 5.73 Å². The summed E-state index contributed by atoms with van der Waals surface area (Å²) in [5.41, 5.74) is 6.50. The Bertz CT molecular complexity index is 649. The number of carbonyl (C=O) groups is 1. The molecule has 1 aromatic heterocycles. The normalized spacial score (nSPS) is 22.3. The van der Waals surface area contributed by atoms with E-state index in [0.29, 0.717) is 10.8 Å². The van der Waals surface area contributed by atoms with Gasteiger partial charge in [-0.1, -0.05) is 13.3 Å². The van der Waals surface area contributed by atoms with Gasteiger partial charge in [-0.05, 0) is 61.3 Å². The molecule has 0 radical (unpaired) electrons. The van der Waals surface area contributed by atoms with E-state index in [4.69, 9.17) is 10.5 Å². The number of ether oxygens (including phenoxy) is 1. The molecule has 1 heterocycles. The average Bonchev–Trinajstić information content (AvgIpc) is 2.91. The second kappa shape index (κ2) is 6.06. The number of thiophene rings is 1. The predicted octanol–water partition coefficient (Wildman–Crippen LogP) is 4.61. The zero-order valence-electron chi connectivity index (χ0n) is 12.3. The Hall–Kier alpha value is -1.55. The Morgan fingerprint density at radius 3 is 2.95 bits per heavy atom. The van der Waals surface area contributed by atoms with Crippen molar-refractivity contribution in [2.24, 2.45) is 5.92 Å². The lowest BCUT2D eigenvalue weighted by atomic mass is 9.85. The second-order valence-electron chi connectivity index (χ2n) is 5.80. The van der Waals surface area contributed by atoms with Crippen molar-refractivity contribution in [1.82, 2.24) is 0 Å². The third-order valence-electron chi connectivity index (χ3n) is 4.36. The van der Waals surface area contributed by atoms with Gasteiger partial charge in [0.1, 0.15) is 11.0 Å². The number of rotatable bonds is 3. The van der Waals surface area contributed by atoms with Gasteiger partial charge in [0.15, 0.2) is 0 Å². The first-order valence-electron chi connectivity index (χ1n) is 7.67. The van der Waals surface area contributed by atoms with Gasteiger partial charge in [0.25, 0.3) is 0 Å². The number of carbonyl (C=O) groups excluding carboxylic acids is 1. The summed E-state index contributed by atoms with van der Waals surface area (Å²) in [5.74, 6) is 0.341. The number of nitrogens with two attached hydrogens (primary N) is 1. The summed E-state index contributed by atoms with van der Waals surface area (Å²) >= 11 is 1.48. The van der Waals surface area contributed by atoms with Gasteiger partial charge in [-0.15, -0.1) is 11.3 Å². The topological polar surface area (TPSA) is 52.3 Å². The molecule has 2 N–H and O–H groups in total. The van der Waals surface area contributed by atoms with Crippen LogP contribution in [0.1, 0.15) is 48.7 Å². The number of benzene rings is 1. The SMILES string of the molecule is CCC1CCCCC1OC(=O)c1cc2cc(N)ccc2s1. The van der Waals surface area contributed by atoms with E-state index in [1.54, 1.807) is 0 Å². The standard InChI is InChI=1S/C17H21NO2S/c1-2-11-5-3-4-6-14(11)20-17(19)16-10-12-9-13(18)7-8-15(12)21-16/h7-11,14H,2-6,18H2,1H3. The van der Waals surface area contributed by atoms with Gasteiger partial charge < -0.3 is 10.5 Å². The summed E-state index contributed by atoms with van der Waals surface area (Å²) in [6.45, 7) is 2.18. The third-order valence-corrected chi connectivity index (χ3v) is 5.46. The Labute approximate surface area is 129 Å². The molecular formula is C17H21NO2S. The van der Waals surface area contributed by atoms with Crippen LogP contribution in [-0.2, 0) is 4.74 Å². The van der Waals surface area contributed by atoms with Gasteiger partial charge in [0.2, 0.25) is 0 Å². The molecular weight excluding hydrogens is 282 g/mol. The molecule has 3 rings (SSSR count). The van der Waals surface area contributed by atoms with E-state index < -0.39 is 0 Å². The van der Waals surface area contributed by atoms with E-state index in [-0.39, 0.29) is 12.1 Å². The largest absolute Gasteiger partial charge is 0.458 e. The minimum Gasteiger partial charge on any atom is -0.458 e. The lowest BCUT2D eigenvalue weighted by molar-refractivity contribution is 0.00122. The van der Waals surface area contributed by atoms with Crippen LogP contribution in [0.5, 0.6) is 0 Å². The molecule has 2 unspecified atom stereocenters. The number of hydrogen-bond acceptors (Lipinski definition) is 4. The number of esters is 1. The quantitative estimate of drug-likeness (QED) is 0.665. The zero-order valence-corrected chi connectivity index (χ0v) is 13.1. The Kier molecular flexibility index (Phi) is 4.15. The maximum Gasteiger partial charge on any atom is 0.348 e. The molecule has 4 heteroatoms. The molecule has 0 saturated heterocycles. The Morgan fingerprint density at radius 2 is 2.14 bits per heavy atom. The average molecular weight is 303 g/mol. The van der Waals surface area contributed by atoms with Gasteiger partial charge in [-0.25, -0.2) is 4.79 Å². The van der Waals surface area contributed by atoms with Gasteiger partial charge in [-0.2, -0.15) is 0 Å². The second-order valence-corrected chi connectivity index (χ2v) is 6.89. The summed E-state index contributed by atoms with van der Waals surface area (Å²) in [5, 5.41) is 1.02. The maximum atomic E-state index is 12.4. The van der Waals surface area contributed by atoms with Crippen LogP contribution in [0.25, 0.3) is 10.1 Å². The van der Waals surface area contributed by atoms with Crippen molar-refractivity contribution in [3.63, 3.8) is 0 Å². The number of nitrogen functional groups attached to an aromatic ring is 1. The molecule has 3 nitrogen and oxygen atoms in total. The Balaban J connectivity index is 1.77. The molecule has 2 aromatic rings. The highest BCUT2D eigenvalue weighted by Crippen LogP contribution is 2.32. The van der Waals surface area contributed by atoms with Crippen LogP contribution in [0, 0.1) is 5.92 Å². The fourth-order valence-corrected chi connectivity index (χ4v) is 4.08. The fourth-order valence-electron chi connectivity index (χ4n) is 3.15. The highest BCUT2D eigenvalue weighted by atomic mass is 32.1. The Morgan fingerprint density at radius 1 is 1.33 bits per heavy atom. The van der Waals surface area contributed by atoms with Gasteiger partial charge in [0, 0.05) is 10.4 Å². The first kappa shape index (κ1) is 14.4. The number of fused-ring (bicyclic) bond motifs is 1. The predicted molar refractivity (Wildman–Crippen MR) is 87.7 cm³/mol. The van der Waals surface area contributed by atoms with Crippen molar-refractivity contribution < 1.29 is 9.53 Å². The van der Waals surface area contributed by atoms with Crippen molar-refractivity contribution in [1.29, 1.82) is 0 Å². The van der Waals surface area contributed by atoms with Crippen LogP contribution in [0.2, 0.25) is 0 Å². The molecule has 1 aliphatic carbocycles. The van der Waals surface area contributed by atoms with Crippen molar-refractivity contribution in [3.05, 3.63) is 29.1 Å². The van der Waals surface area contributed by atoms with Gasteiger partial charge >= 0.3 is 5.97 Å². The molecule has 0 aliphatic heterocycles. The molecule has 1 aromatic carbocycles. The van der Waals surface area contributed by atoms with E-state index in [1.807, 2.05) is 24.3 Å². The highest BCUT2D eigenvalue weighted by molar-refractivity contribution is 7.20. The van der Waals surface area contributed by atoms with E-state index in [1.165, 1.54) is 24.2 Å². The van der Waals surface area contributed by atoms with E-state index >= 15 is 0 Å². The summed E-state index contributed by atoms with van der Waals surface area (Å²) in [6.07, 6.45) is 5.78. The lowest BCUT2D eigenvalue weighted by Crippen LogP contribution is -2.29. The van der Waals surface area contributed by atoms with Crippen LogP contribution in [-0.4, -0.2) is 12.1 Å². The minimum absolute atomic E-state index is 0.0894. The third kappa shape index (κ3) is 3.05. The van der Waals surface area contributed by atoms with Crippen LogP contribution >= 0.6 is 11.3 Å². The molecule has 0 spiro atoms. The molecule has 21 heavy (non-hydrogen) atoms. The number of anilines is 1. The summed E-state index contributed by atoms with van der Waals surface area (Å²) < 4.78 is 6.86. The smallest absolute Gasteiger partial charge is 0.348 e. The maximum absolute atomic E-state index is 12.4. The molecule has 1 aliphatic rings. The van der Waals surface area contributed by atoms with E-state index in [2.05, 4.69) is 6.92 Å². The van der Waals surface area contributed by atoms with Crippen molar-refractivity contribution in [2.45, 2.75) is 45.1 Å². The summed E-state index contributed by atoms with van der Waals surface area (Å²) in [4.78, 5) is 13.1. The fraction of sp³-hybridized carbons (Fsp3) is 0.471. The molecule has 2 atom stereocenters. The molecule has 1 fully saturated rings.